The standard InChI is InChI=1S/C14H18N4/c1-11-5-3-4-6-12(11)9-18(2)10-13-7-8-16-14(15)17-13/h3-8H,9-10H2,1-2H3,(H2,15,16,17). The Morgan fingerprint density at radius 2 is 1.94 bits per heavy atom. The molecule has 1 heterocycles. The fourth-order valence-electron chi connectivity index (χ4n) is 1.91. The minimum Gasteiger partial charge on any atom is -0.368 e. The summed E-state index contributed by atoms with van der Waals surface area (Å²) >= 11 is 0. The molecule has 1 aromatic heterocycles. The Bertz CT molecular complexity index is 525. The van der Waals surface area contributed by atoms with Crippen LogP contribution < -0.4 is 5.73 Å². The van der Waals surface area contributed by atoms with Gasteiger partial charge in [0, 0.05) is 19.3 Å². The first kappa shape index (κ1) is 12.5. The van der Waals surface area contributed by atoms with Crippen molar-refractivity contribution in [3.05, 3.63) is 53.3 Å². The molecule has 1 aromatic carbocycles. The average molecular weight is 242 g/mol. The van der Waals surface area contributed by atoms with E-state index in [4.69, 9.17) is 5.73 Å². The molecule has 0 radical (unpaired) electrons. The van der Waals surface area contributed by atoms with Gasteiger partial charge in [-0.2, -0.15) is 0 Å². The zero-order chi connectivity index (χ0) is 13.0. The second-order valence-corrected chi connectivity index (χ2v) is 4.50. The van der Waals surface area contributed by atoms with Crippen LogP contribution in [-0.2, 0) is 13.1 Å². The van der Waals surface area contributed by atoms with Gasteiger partial charge in [0.15, 0.2) is 0 Å². The Balaban J connectivity index is 2.01. The topological polar surface area (TPSA) is 55.0 Å². The van der Waals surface area contributed by atoms with Gasteiger partial charge >= 0.3 is 0 Å². The summed E-state index contributed by atoms with van der Waals surface area (Å²) in [5, 5.41) is 0. The van der Waals surface area contributed by atoms with Gasteiger partial charge < -0.3 is 5.73 Å². The minimum atomic E-state index is 0.330. The molecule has 0 atom stereocenters. The molecule has 2 rings (SSSR count). The van der Waals surface area contributed by atoms with Gasteiger partial charge in [0.2, 0.25) is 5.95 Å². The Hall–Kier alpha value is -1.94. The molecular weight excluding hydrogens is 224 g/mol. The molecule has 4 nitrogen and oxygen atoms in total. The predicted molar refractivity (Wildman–Crippen MR) is 72.8 cm³/mol. The summed E-state index contributed by atoms with van der Waals surface area (Å²) in [5.74, 6) is 0.330. The van der Waals surface area contributed by atoms with Crippen molar-refractivity contribution in [3.63, 3.8) is 0 Å². The third-order valence-electron chi connectivity index (χ3n) is 2.87. The number of aromatic nitrogens is 2. The van der Waals surface area contributed by atoms with Crippen molar-refractivity contribution < 1.29 is 0 Å². The number of benzene rings is 1. The van der Waals surface area contributed by atoms with Crippen molar-refractivity contribution in [1.29, 1.82) is 0 Å². The average Bonchev–Trinajstić information content (AvgIpc) is 2.32. The first-order valence-corrected chi connectivity index (χ1v) is 5.95. The van der Waals surface area contributed by atoms with Crippen LogP contribution in [0, 0.1) is 6.92 Å². The van der Waals surface area contributed by atoms with E-state index in [0.29, 0.717) is 5.95 Å². The maximum Gasteiger partial charge on any atom is 0.220 e. The van der Waals surface area contributed by atoms with E-state index >= 15 is 0 Å². The van der Waals surface area contributed by atoms with E-state index in [1.54, 1.807) is 6.20 Å². The Morgan fingerprint density at radius 1 is 1.17 bits per heavy atom. The number of rotatable bonds is 4. The highest BCUT2D eigenvalue weighted by atomic mass is 15.1. The summed E-state index contributed by atoms with van der Waals surface area (Å²) < 4.78 is 0. The van der Waals surface area contributed by atoms with Crippen LogP contribution in [0.15, 0.2) is 36.5 Å². The van der Waals surface area contributed by atoms with Crippen LogP contribution in [0.4, 0.5) is 5.95 Å². The van der Waals surface area contributed by atoms with Gasteiger partial charge in [-0.3, -0.25) is 4.90 Å². The van der Waals surface area contributed by atoms with Crippen LogP contribution in [0.25, 0.3) is 0 Å². The number of anilines is 1. The lowest BCUT2D eigenvalue weighted by Gasteiger charge is -2.17. The molecule has 0 aliphatic heterocycles. The van der Waals surface area contributed by atoms with E-state index in [9.17, 15) is 0 Å². The highest BCUT2D eigenvalue weighted by Gasteiger charge is 2.05. The summed E-state index contributed by atoms with van der Waals surface area (Å²) in [4.78, 5) is 10.3. The van der Waals surface area contributed by atoms with E-state index in [-0.39, 0.29) is 0 Å². The maximum absolute atomic E-state index is 5.57. The third kappa shape index (κ3) is 3.28. The van der Waals surface area contributed by atoms with Gasteiger partial charge in [0.25, 0.3) is 0 Å². The molecule has 2 aromatic rings. The quantitative estimate of drug-likeness (QED) is 0.891. The molecule has 0 aliphatic carbocycles. The summed E-state index contributed by atoms with van der Waals surface area (Å²) in [5.41, 5.74) is 9.16. The lowest BCUT2D eigenvalue weighted by atomic mass is 10.1. The molecule has 18 heavy (non-hydrogen) atoms. The fourth-order valence-corrected chi connectivity index (χ4v) is 1.91. The van der Waals surface area contributed by atoms with Gasteiger partial charge in [-0.25, -0.2) is 9.97 Å². The van der Waals surface area contributed by atoms with Crippen LogP contribution >= 0.6 is 0 Å². The molecule has 0 saturated carbocycles. The maximum atomic E-state index is 5.57. The summed E-state index contributed by atoms with van der Waals surface area (Å²) in [7, 11) is 2.07. The number of nitrogen functional groups attached to an aromatic ring is 1. The molecule has 4 heteroatoms. The lowest BCUT2D eigenvalue weighted by molar-refractivity contribution is 0.314. The Morgan fingerprint density at radius 3 is 2.67 bits per heavy atom. The van der Waals surface area contributed by atoms with Crippen molar-refractivity contribution in [2.24, 2.45) is 0 Å². The molecule has 0 aliphatic rings. The predicted octanol–water partition coefficient (Wildman–Crippen LogP) is 2.00. The fraction of sp³-hybridized carbons (Fsp3) is 0.286. The van der Waals surface area contributed by atoms with E-state index in [1.807, 2.05) is 6.07 Å². The summed E-state index contributed by atoms with van der Waals surface area (Å²) in [6.45, 7) is 3.80. The van der Waals surface area contributed by atoms with Crippen LogP contribution in [0.3, 0.4) is 0 Å². The lowest BCUT2D eigenvalue weighted by Crippen LogP contribution is -2.19. The molecule has 2 N–H and O–H groups in total. The highest BCUT2D eigenvalue weighted by Crippen LogP contribution is 2.11. The molecule has 0 spiro atoms. The molecule has 94 valence electrons. The molecule has 0 bridgehead atoms. The first-order chi connectivity index (χ1) is 8.65. The minimum absolute atomic E-state index is 0.330. The normalized spacial score (nSPS) is 10.8. The number of nitrogens with zero attached hydrogens (tertiary/aromatic N) is 3. The van der Waals surface area contributed by atoms with E-state index in [2.05, 4.69) is 53.1 Å². The molecule has 0 amide bonds. The van der Waals surface area contributed by atoms with Crippen molar-refractivity contribution in [2.45, 2.75) is 20.0 Å². The number of nitrogens with two attached hydrogens (primary N) is 1. The first-order valence-electron chi connectivity index (χ1n) is 5.95. The third-order valence-corrected chi connectivity index (χ3v) is 2.87. The highest BCUT2D eigenvalue weighted by molar-refractivity contribution is 5.25. The smallest absolute Gasteiger partial charge is 0.220 e. The second kappa shape index (κ2) is 5.60. The van der Waals surface area contributed by atoms with E-state index < -0.39 is 0 Å². The van der Waals surface area contributed by atoms with Crippen LogP contribution in [0.1, 0.15) is 16.8 Å². The van der Waals surface area contributed by atoms with Crippen LogP contribution in [0.5, 0.6) is 0 Å². The van der Waals surface area contributed by atoms with Crippen molar-refractivity contribution in [3.8, 4) is 0 Å². The van der Waals surface area contributed by atoms with Crippen molar-refractivity contribution >= 4 is 5.95 Å². The van der Waals surface area contributed by atoms with Crippen LogP contribution in [0.2, 0.25) is 0 Å². The second-order valence-electron chi connectivity index (χ2n) is 4.50. The summed E-state index contributed by atoms with van der Waals surface area (Å²) in [6.07, 6.45) is 1.69. The van der Waals surface area contributed by atoms with Crippen molar-refractivity contribution in [1.82, 2.24) is 14.9 Å². The number of hydrogen-bond acceptors (Lipinski definition) is 4. The van der Waals surface area contributed by atoms with Gasteiger partial charge in [0.1, 0.15) is 0 Å². The monoisotopic (exact) mass is 242 g/mol. The molecule has 0 unspecified atom stereocenters. The SMILES string of the molecule is Cc1ccccc1CN(C)Cc1ccnc(N)n1. The van der Waals surface area contributed by atoms with Gasteiger partial charge in [-0.05, 0) is 31.2 Å². The van der Waals surface area contributed by atoms with Crippen LogP contribution in [-0.4, -0.2) is 21.9 Å². The number of aryl methyl sites for hydroxylation is 1. The zero-order valence-corrected chi connectivity index (χ0v) is 10.8. The number of hydrogen-bond donors (Lipinski definition) is 1. The van der Waals surface area contributed by atoms with Gasteiger partial charge in [-0.1, -0.05) is 24.3 Å². The summed E-state index contributed by atoms with van der Waals surface area (Å²) in [6, 6.07) is 10.3. The van der Waals surface area contributed by atoms with E-state index in [0.717, 1.165) is 18.8 Å². The Labute approximate surface area is 107 Å². The molecule has 0 fully saturated rings. The van der Waals surface area contributed by atoms with E-state index in [1.165, 1.54) is 11.1 Å². The van der Waals surface area contributed by atoms with Crippen molar-refractivity contribution in [2.75, 3.05) is 12.8 Å². The van der Waals surface area contributed by atoms with Gasteiger partial charge in [-0.15, -0.1) is 0 Å². The molecule has 0 saturated heterocycles. The van der Waals surface area contributed by atoms with Gasteiger partial charge in [0.05, 0.1) is 5.69 Å². The zero-order valence-electron chi connectivity index (χ0n) is 10.8. The Kier molecular flexibility index (Phi) is 3.89. The largest absolute Gasteiger partial charge is 0.368 e. The molecular formula is C14H18N4.